The van der Waals surface area contributed by atoms with Gasteiger partial charge in [0.15, 0.2) is 0 Å². The number of hydrogen-bond donors (Lipinski definition) is 1. The van der Waals surface area contributed by atoms with Gasteiger partial charge in [-0.25, -0.2) is 0 Å². The Labute approximate surface area is 112 Å². The minimum absolute atomic E-state index is 0.109. The molecule has 2 aromatic rings. The quantitative estimate of drug-likeness (QED) is 0.843. The fraction of sp³-hybridized carbons (Fsp3) is 0.357. The summed E-state index contributed by atoms with van der Waals surface area (Å²) in [5.74, 6) is 0.109. The summed E-state index contributed by atoms with van der Waals surface area (Å²) in [4.78, 5) is 12.4. The maximum Gasteiger partial charge on any atom is 0.148 e. The highest BCUT2D eigenvalue weighted by Crippen LogP contribution is 2.26. The molecule has 2 N–H and O–H groups in total. The number of Topliss-reactive ketones (excluding diaryl/α,β-unsaturated/α-hetero) is 1. The van der Waals surface area contributed by atoms with Crippen LogP contribution in [0.5, 0.6) is 0 Å². The smallest absolute Gasteiger partial charge is 0.148 e. The van der Waals surface area contributed by atoms with Gasteiger partial charge in [0.2, 0.25) is 0 Å². The van der Waals surface area contributed by atoms with E-state index in [4.69, 9.17) is 5.73 Å². The number of anilines is 1. The van der Waals surface area contributed by atoms with Crippen LogP contribution in [0, 0.1) is 0 Å². The number of benzene rings is 1. The number of nitrogen functional groups attached to an aromatic ring is 1. The lowest BCUT2D eigenvalue weighted by Gasteiger charge is -2.23. The van der Waals surface area contributed by atoms with Gasteiger partial charge in [-0.15, -0.1) is 5.10 Å². The van der Waals surface area contributed by atoms with E-state index in [-0.39, 0.29) is 12.2 Å². The second-order valence-electron chi connectivity index (χ2n) is 5.23. The van der Waals surface area contributed by atoms with E-state index in [1.165, 1.54) is 0 Å². The van der Waals surface area contributed by atoms with Crippen LogP contribution in [-0.2, 0) is 23.7 Å². The molecule has 0 atom stereocenters. The van der Waals surface area contributed by atoms with Crippen molar-refractivity contribution >= 4 is 11.5 Å². The van der Waals surface area contributed by atoms with Gasteiger partial charge in [0, 0.05) is 24.3 Å². The summed E-state index contributed by atoms with van der Waals surface area (Å²) in [7, 11) is 1.78. The summed E-state index contributed by atoms with van der Waals surface area (Å²) < 4.78 is 1.60. The second-order valence-corrected chi connectivity index (χ2v) is 5.23. The molecule has 1 aromatic heterocycles. The van der Waals surface area contributed by atoms with Crippen LogP contribution in [0.1, 0.15) is 25.1 Å². The number of ketones is 1. The van der Waals surface area contributed by atoms with E-state index in [0.29, 0.717) is 11.4 Å². The zero-order chi connectivity index (χ0) is 14.0. The molecule has 2 rings (SSSR count). The van der Waals surface area contributed by atoms with Gasteiger partial charge in [0.05, 0.1) is 12.1 Å². The van der Waals surface area contributed by atoms with E-state index in [0.717, 1.165) is 5.56 Å². The highest BCUT2D eigenvalue weighted by atomic mass is 16.1. The Kier molecular flexibility index (Phi) is 3.38. The molecule has 0 bridgehead atoms. The average molecular weight is 258 g/mol. The largest absolute Gasteiger partial charge is 0.399 e. The van der Waals surface area contributed by atoms with Crippen molar-refractivity contribution in [2.75, 3.05) is 5.73 Å². The molecule has 19 heavy (non-hydrogen) atoms. The van der Waals surface area contributed by atoms with Gasteiger partial charge in [-0.2, -0.15) is 0 Å². The first kappa shape index (κ1) is 13.3. The van der Waals surface area contributed by atoms with E-state index >= 15 is 0 Å². The van der Waals surface area contributed by atoms with Crippen molar-refractivity contribution in [3.63, 3.8) is 0 Å². The van der Waals surface area contributed by atoms with Gasteiger partial charge in [-0.3, -0.25) is 9.48 Å². The first-order valence-electron chi connectivity index (χ1n) is 6.14. The number of carbonyl (C=O) groups is 1. The fourth-order valence-corrected chi connectivity index (χ4v) is 1.92. The molecule has 0 fully saturated rings. The Morgan fingerprint density at radius 1 is 1.32 bits per heavy atom. The minimum atomic E-state index is -0.564. The Hall–Kier alpha value is -2.17. The molecular weight excluding hydrogens is 240 g/mol. The van der Waals surface area contributed by atoms with Crippen molar-refractivity contribution in [2.45, 2.75) is 25.7 Å². The molecule has 0 aliphatic carbocycles. The number of carbonyl (C=O) groups excluding carboxylic acids is 1. The zero-order valence-corrected chi connectivity index (χ0v) is 11.4. The summed E-state index contributed by atoms with van der Waals surface area (Å²) in [6.07, 6.45) is 2.04. The van der Waals surface area contributed by atoms with Gasteiger partial charge >= 0.3 is 0 Å². The fourth-order valence-electron chi connectivity index (χ4n) is 1.92. The number of nitrogens with two attached hydrogens (primary N) is 1. The lowest BCUT2D eigenvalue weighted by atomic mass is 9.79. The molecule has 100 valence electrons. The van der Waals surface area contributed by atoms with Crippen LogP contribution < -0.4 is 5.73 Å². The molecule has 0 aliphatic rings. The van der Waals surface area contributed by atoms with Gasteiger partial charge in [0.25, 0.3) is 0 Å². The SMILES string of the molecule is Cn1cc(CC(=O)C(C)(C)c2ccc(N)cc2)nn1. The highest BCUT2D eigenvalue weighted by Gasteiger charge is 2.29. The maximum atomic E-state index is 12.4. The summed E-state index contributed by atoms with van der Waals surface area (Å²) in [5, 5.41) is 7.78. The summed E-state index contributed by atoms with van der Waals surface area (Å²) in [5.41, 5.74) is 7.44. The van der Waals surface area contributed by atoms with Crippen molar-refractivity contribution in [3.05, 3.63) is 41.7 Å². The van der Waals surface area contributed by atoms with Crippen LogP contribution in [0.2, 0.25) is 0 Å². The Morgan fingerprint density at radius 2 is 1.95 bits per heavy atom. The van der Waals surface area contributed by atoms with Crippen molar-refractivity contribution in [1.29, 1.82) is 0 Å². The molecule has 5 heteroatoms. The van der Waals surface area contributed by atoms with Crippen LogP contribution >= 0.6 is 0 Å². The maximum absolute atomic E-state index is 12.4. The van der Waals surface area contributed by atoms with E-state index in [9.17, 15) is 4.79 Å². The van der Waals surface area contributed by atoms with Crippen molar-refractivity contribution in [3.8, 4) is 0 Å². The molecule has 1 heterocycles. The van der Waals surface area contributed by atoms with Crippen LogP contribution in [-0.4, -0.2) is 20.8 Å². The zero-order valence-electron chi connectivity index (χ0n) is 11.4. The minimum Gasteiger partial charge on any atom is -0.399 e. The Bertz CT molecular complexity index is 584. The van der Waals surface area contributed by atoms with Crippen molar-refractivity contribution < 1.29 is 4.79 Å². The second kappa shape index (κ2) is 4.84. The molecule has 0 saturated heterocycles. The summed E-state index contributed by atoms with van der Waals surface area (Å²) in [6.45, 7) is 3.83. The van der Waals surface area contributed by atoms with E-state index < -0.39 is 5.41 Å². The van der Waals surface area contributed by atoms with Gasteiger partial charge in [0.1, 0.15) is 5.78 Å². The van der Waals surface area contributed by atoms with Gasteiger partial charge < -0.3 is 5.73 Å². The normalized spacial score (nSPS) is 11.5. The van der Waals surface area contributed by atoms with Gasteiger partial charge in [-0.1, -0.05) is 17.3 Å². The van der Waals surface area contributed by atoms with Crippen molar-refractivity contribution in [2.24, 2.45) is 7.05 Å². The Balaban J connectivity index is 2.19. The highest BCUT2D eigenvalue weighted by molar-refractivity contribution is 5.90. The van der Waals surface area contributed by atoms with Gasteiger partial charge in [-0.05, 0) is 31.5 Å². The monoisotopic (exact) mass is 258 g/mol. The molecule has 5 nitrogen and oxygen atoms in total. The number of hydrogen-bond acceptors (Lipinski definition) is 4. The third kappa shape index (κ3) is 2.81. The van der Waals surface area contributed by atoms with Crippen LogP contribution in [0.3, 0.4) is 0 Å². The average Bonchev–Trinajstić information content (AvgIpc) is 2.75. The first-order valence-corrected chi connectivity index (χ1v) is 6.14. The van der Waals surface area contributed by atoms with Crippen molar-refractivity contribution in [1.82, 2.24) is 15.0 Å². The summed E-state index contributed by atoms with van der Waals surface area (Å²) in [6, 6.07) is 7.41. The molecule has 0 amide bonds. The van der Waals surface area contributed by atoms with Crippen LogP contribution in [0.25, 0.3) is 0 Å². The standard InChI is InChI=1S/C14H18N4O/c1-14(2,10-4-6-11(15)7-5-10)13(19)8-12-9-18(3)17-16-12/h4-7,9H,8,15H2,1-3H3. The lowest BCUT2D eigenvalue weighted by molar-refractivity contribution is -0.122. The molecule has 0 unspecified atom stereocenters. The molecule has 0 spiro atoms. The summed E-state index contributed by atoms with van der Waals surface area (Å²) >= 11 is 0. The van der Waals surface area contributed by atoms with E-state index in [1.807, 2.05) is 38.1 Å². The predicted octanol–water partition coefficient (Wildman–Crippen LogP) is 1.49. The van der Waals surface area contributed by atoms with E-state index in [2.05, 4.69) is 10.3 Å². The third-order valence-corrected chi connectivity index (χ3v) is 3.32. The topological polar surface area (TPSA) is 73.8 Å². The third-order valence-electron chi connectivity index (χ3n) is 3.32. The predicted molar refractivity (Wildman–Crippen MR) is 73.6 cm³/mol. The number of aromatic nitrogens is 3. The number of aryl methyl sites for hydroxylation is 1. The molecule has 0 radical (unpaired) electrons. The molecular formula is C14H18N4O. The number of rotatable bonds is 4. The first-order chi connectivity index (χ1) is 8.89. The lowest BCUT2D eigenvalue weighted by Crippen LogP contribution is -2.30. The molecule has 0 aliphatic heterocycles. The van der Waals surface area contributed by atoms with E-state index in [1.54, 1.807) is 17.9 Å². The molecule has 0 saturated carbocycles. The van der Waals surface area contributed by atoms with Crippen LogP contribution in [0.15, 0.2) is 30.5 Å². The number of nitrogens with zero attached hydrogens (tertiary/aromatic N) is 3. The Morgan fingerprint density at radius 3 is 2.47 bits per heavy atom. The van der Waals surface area contributed by atoms with Crippen LogP contribution in [0.4, 0.5) is 5.69 Å². The molecule has 1 aromatic carbocycles.